The summed E-state index contributed by atoms with van der Waals surface area (Å²) in [4.78, 5) is 21.1. The number of piperazine rings is 1. The Labute approximate surface area is 279 Å². The average Bonchev–Trinajstić information content (AvgIpc) is 3.88. The number of nitrogens with two attached hydrogens (primary N) is 1. The molecule has 0 amide bonds. The number of nitrogen functional groups attached to an aromatic ring is 1. The van der Waals surface area contributed by atoms with Gasteiger partial charge in [-0.15, -0.1) is 11.3 Å². The number of benzene rings is 1. The molecule has 4 fully saturated rings. The number of hydrogen-bond donors (Lipinski definition) is 1. The van der Waals surface area contributed by atoms with E-state index in [0.29, 0.717) is 29.7 Å². The van der Waals surface area contributed by atoms with Crippen molar-refractivity contribution >= 4 is 43.1 Å². The van der Waals surface area contributed by atoms with Crippen molar-refractivity contribution in [3.05, 3.63) is 34.5 Å². The summed E-state index contributed by atoms with van der Waals surface area (Å²) < 4.78 is 59.5. The van der Waals surface area contributed by atoms with E-state index >= 15 is 8.78 Å². The Morgan fingerprint density at radius 1 is 1.15 bits per heavy atom. The van der Waals surface area contributed by atoms with Gasteiger partial charge in [-0.2, -0.15) is 15.2 Å². The van der Waals surface area contributed by atoms with Gasteiger partial charge < -0.3 is 20.1 Å². The number of thiophene rings is 1. The van der Waals surface area contributed by atoms with Crippen LogP contribution in [0.25, 0.3) is 32.2 Å². The molecule has 1 aromatic carbocycles. The molecule has 8 heterocycles. The summed E-state index contributed by atoms with van der Waals surface area (Å²) in [5, 5.41) is 10.9. The highest BCUT2D eigenvalue weighted by atomic mass is 32.1. The highest BCUT2D eigenvalue weighted by Gasteiger charge is 2.50. The third-order valence-electron chi connectivity index (χ3n) is 11.3. The van der Waals surface area contributed by atoms with Crippen LogP contribution >= 0.6 is 11.3 Å². The zero-order valence-electron chi connectivity index (χ0n) is 26.6. The monoisotopic (exact) mass is 676 g/mol. The summed E-state index contributed by atoms with van der Waals surface area (Å²) in [6.45, 7) is 6.59. The van der Waals surface area contributed by atoms with Gasteiger partial charge in [0.1, 0.15) is 35.2 Å². The number of fused-ring (bicyclic) bond motifs is 7. The standard InChI is InChI=1S/C34H35F3N8O2S/c1-2-43-12-18-4-5-19(13-43)45(18)32-26-22-15-46-14-21(22)24(28-25-20(9-38)31(39)48-30(25)23(36)10-40-28)27(37)29(26)41-33(42-32)47-16-34-6-3-7-44(34)11-17(35)8-34/h10,17-19H,2-8,11-16,39H2,1H3/t17-,18?,19?,34+/m1/s1. The average molecular weight is 677 g/mol. The van der Waals surface area contributed by atoms with E-state index in [9.17, 15) is 9.65 Å². The molecule has 2 N–H and O–H groups in total. The van der Waals surface area contributed by atoms with E-state index < -0.39 is 23.3 Å². The molecule has 4 aromatic rings. The van der Waals surface area contributed by atoms with Gasteiger partial charge in [0.25, 0.3) is 0 Å². The van der Waals surface area contributed by atoms with Crippen LogP contribution in [-0.2, 0) is 18.0 Å². The maximum Gasteiger partial charge on any atom is 0.319 e. The molecule has 2 bridgehead atoms. The molecule has 0 spiro atoms. The van der Waals surface area contributed by atoms with Crippen LogP contribution in [0.5, 0.6) is 6.01 Å². The van der Waals surface area contributed by atoms with E-state index in [1.54, 1.807) is 0 Å². The van der Waals surface area contributed by atoms with Gasteiger partial charge in [0, 0.05) is 49.1 Å². The van der Waals surface area contributed by atoms with Gasteiger partial charge in [0.05, 0.1) is 46.3 Å². The number of aromatic nitrogens is 3. The fourth-order valence-corrected chi connectivity index (χ4v) is 10.0. The second-order valence-corrected chi connectivity index (χ2v) is 14.9. The lowest BCUT2D eigenvalue weighted by Gasteiger charge is -2.42. The van der Waals surface area contributed by atoms with Crippen LogP contribution in [0.15, 0.2) is 6.20 Å². The zero-order valence-corrected chi connectivity index (χ0v) is 27.4. The molecule has 14 heteroatoms. The predicted molar refractivity (Wildman–Crippen MR) is 176 cm³/mol. The Balaban J connectivity index is 1.26. The molecular weight excluding hydrogens is 641 g/mol. The highest BCUT2D eigenvalue weighted by molar-refractivity contribution is 7.23. The molecule has 3 aromatic heterocycles. The normalized spacial score (nSPS) is 26.9. The molecule has 0 saturated carbocycles. The van der Waals surface area contributed by atoms with E-state index in [-0.39, 0.29) is 75.3 Å². The Kier molecular flexibility index (Phi) is 7.03. The van der Waals surface area contributed by atoms with Gasteiger partial charge in [-0.1, -0.05) is 6.92 Å². The van der Waals surface area contributed by atoms with Crippen LogP contribution in [0.3, 0.4) is 0 Å². The van der Waals surface area contributed by atoms with Crippen LogP contribution in [0, 0.1) is 23.0 Å². The highest BCUT2D eigenvalue weighted by Crippen LogP contribution is 2.48. The topological polar surface area (TPSA) is 117 Å². The van der Waals surface area contributed by atoms with Gasteiger partial charge in [-0.25, -0.2) is 13.2 Å². The summed E-state index contributed by atoms with van der Waals surface area (Å²) >= 11 is 0.940. The van der Waals surface area contributed by atoms with E-state index in [2.05, 4.69) is 32.7 Å². The minimum atomic E-state index is -0.917. The maximum atomic E-state index is 17.4. The minimum absolute atomic E-state index is 0.0387. The van der Waals surface area contributed by atoms with Crippen molar-refractivity contribution in [2.24, 2.45) is 0 Å². The number of nitrogens with zero attached hydrogens (tertiary/aromatic N) is 7. The number of alkyl halides is 1. The number of likely N-dealkylation sites (tertiary alicyclic amines) is 1. The first-order valence-corrected chi connectivity index (χ1v) is 17.5. The Morgan fingerprint density at radius 3 is 2.71 bits per heavy atom. The van der Waals surface area contributed by atoms with Crippen molar-refractivity contribution in [3.8, 4) is 23.3 Å². The summed E-state index contributed by atoms with van der Waals surface area (Å²) in [7, 11) is 0. The molecule has 2 unspecified atom stereocenters. The number of likely N-dealkylation sites (N-methyl/N-ethyl adjacent to an activating group) is 1. The van der Waals surface area contributed by atoms with Crippen molar-refractivity contribution in [1.29, 1.82) is 5.26 Å². The summed E-state index contributed by atoms with van der Waals surface area (Å²) in [5.74, 6) is -0.678. The molecule has 5 aliphatic rings. The second kappa shape index (κ2) is 11.1. The molecule has 48 heavy (non-hydrogen) atoms. The molecule has 250 valence electrons. The van der Waals surface area contributed by atoms with Gasteiger partial charge in [-0.05, 0) is 49.9 Å². The maximum absolute atomic E-state index is 17.4. The lowest BCUT2D eigenvalue weighted by Crippen LogP contribution is -2.54. The van der Waals surface area contributed by atoms with Crippen molar-refractivity contribution in [2.75, 3.05) is 50.0 Å². The summed E-state index contributed by atoms with van der Waals surface area (Å²) in [6, 6.07) is 2.48. The number of hydrogen-bond acceptors (Lipinski definition) is 11. The van der Waals surface area contributed by atoms with Crippen molar-refractivity contribution in [1.82, 2.24) is 24.8 Å². The minimum Gasteiger partial charge on any atom is -0.461 e. The third-order valence-corrected chi connectivity index (χ3v) is 12.3. The van der Waals surface area contributed by atoms with Gasteiger partial charge >= 0.3 is 6.01 Å². The van der Waals surface area contributed by atoms with E-state index in [4.69, 9.17) is 25.2 Å². The molecule has 5 aliphatic heterocycles. The van der Waals surface area contributed by atoms with E-state index in [1.807, 2.05) is 0 Å². The zero-order chi connectivity index (χ0) is 32.9. The Hall–Kier alpha value is -3.77. The number of anilines is 2. The Morgan fingerprint density at radius 2 is 1.94 bits per heavy atom. The third kappa shape index (κ3) is 4.37. The van der Waals surface area contributed by atoms with Crippen LogP contribution in [0.2, 0.25) is 0 Å². The van der Waals surface area contributed by atoms with Gasteiger partial charge in [0.2, 0.25) is 0 Å². The lowest BCUT2D eigenvalue weighted by atomic mass is 9.93. The van der Waals surface area contributed by atoms with E-state index in [1.165, 1.54) is 0 Å². The first-order chi connectivity index (χ1) is 23.3. The lowest BCUT2D eigenvalue weighted by molar-refractivity contribution is 0.107. The number of rotatable bonds is 6. The first kappa shape index (κ1) is 30.3. The Bertz CT molecular complexity index is 2020. The summed E-state index contributed by atoms with van der Waals surface area (Å²) in [5.41, 5.74) is 7.38. The molecule has 4 saturated heterocycles. The molecule has 9 rings (SSSR count). The fourth-order valence-electron chi connectivity index (χ4n) is 9.12. The number of nitriles is 1. The van der Waals surface area contributed by atoms with Crippen LogP contribution in [-0.4, -0.2) is 87.9 Å². The van der Waals surface area contributed by atoms with Crippen molar-refractivity contribution in [2.45, 2.75) is 76.0 Å². The summed E-state index contributed by atoms with van der Waals surface area (Å²) in [6.07, 6.45) is 4.27. The quantitative estimate of drug-likeness (QED) is 0.289. The second-order valence-electron chi connectivity index (χ2n) is 13.8. The number of halogens is 3. The molecule has 0 radical (unpaired) electrons. The van der Waals surface area contributed by atoms with Gasteiger partial charge in [-0.3, -0.25) is 14.8 Å². The van der Waals surface area contributed by atoms with Crippen molar-refractivity contribution in [3.63, 3.8) is 0 Å². The van der Waals surface area contributed by atoms with E-state index in [0.717, 1.165) is 75.0 Å². The fraction of sp³-hybridized carbons (Fsp3) is 0.529. The largest absolute Gasteiger partial charge is 0.461 e. The van der Waals surface area contributed by atoms with Crippen LogP contribution < -0.4 is 15.4 Å². The first-order valence-electron chi connectivity index (χ1n) is 16.7. The molecule has 10 nitrogen and oxygen atoms in total. The molecular formula is C34H35F3N8O2S. The van der Waals surface area contributed by atoms with Crippen molar-refractivity contribution < 1.29 is 22.6 Å². The van der Waals surface area contributed by atoms with Crippen LogP contribution in [0.4, 0.5) is 24.0 Å². The number of pyridine rings is 1. The molecule has 0 aliphatic carbocycles. The van der Waals surface area contributed by atoms with Crippen LogP contribution in [0.1, 0.15) is 55.7 Å². The molecule has 4 atom stereocenters. The predicted octanol–water partition coefficient (Wildman–Crippen LogP) is 5.30. The number of ether oxygens (including phenoxy) is 2. The SMILES string of the molecule is CCN1CC2CCC(C1)N2c1nc(OC[C@@]23CCCN2C[C@H](F)C3)nc2c(F)c(-c3ncc(F)c4sc(N)c(C#N)c34)c3c(c12)COC3. The van der Waals surface area contributed by atoms with Gasteiger partial charge in [0.15, 0.2) is 11.6 Å². The smallest absolute Gasteiger partial charge is 0.319 e.